The van der Waals surface area contributed by atoms with Gasteiger partial charge in [-0.1, -0.05) is 18.2 Å². The maximum absolute atomic E-state index is 15.3. The minimum atomic E-state index is -3.55. The zero-order chi connectivity index (χ0) is 31.8. The highest BCUT2D eigenvalue weighted by Gasteiger charge is 2.47. The van der Waals surface area contributed by atoms with Gasteiger partial charge in [-0.05, 0) is 102 Å². The van der Waals surface area contributed by atoms with Crippen LogP contribution >= 0.6 is 0 Å². The number of sulfonamides is 1. The lowest BCUT2D eigenvalue weighted by Gasteiger charge is -2.39. The summed E-state index contributed by atoms with van der Waals surface area (Å²) in [4.78, 5) is 13.7. The Morgan fingerprint density at radius 2 is 1.82 bits per heavy atom. The molecule has 3 fully saturated rings. The molecule has 1 unspecified atom stereocenters. The summed E-state index contributed by atoms with van der Waals surface area (Å²) in [5.41, 5.74) is 8.08. The standard InChI is InChI=1S/C33H46F2N4O4S/c1-20-16-23(17-21(2)43-20)30(22-8-10-24(34)11-9-22)31(36)32(40)38-29-7-5-6-28(35)27(29)13-12-26-18-37-25-14-15-33(3,4)44(41,42)39(26)19-25/h5-11,20-21,23,25-26,30-31,37H,12-19,36H2,1-4H3,(H,38,40)/t20-,21+,23+,25-,26+,30+,31+/m1/s1. The van der Waals surface area contributed by atoms with Crippen molar-refractivity contribution in [3.8, 4) is 0 Å². The van der Waals surface area contributed by atoms with Gasteiger partial charge in [0.25, 0.3) is 0 Å². The molecule has 4 N–H and O–H groups in total. The van der Waals surface area contributed by atoms with Gasteiger partial charge in [0.1, 0.15) is 11.6 Å². The van der Waals surface area contributed by atoms with Gasteiger partial charge in [0, 0.05) is 42.3 Å². The molecule has 8 nitrogen and oxygen atoms in total. The Balaban J connectivity index is 1.35. The highest BCUT2D eigenvalue weighted by Crippen LogP contribution is 2.39. The molecule has 242 valence electrons. The van der Waals surface area contributed by atoms with Crippen LogP contribution < -0.4 is 16.4 Å². The average Bonchev–Trinajstić information content (AvgIpc) is 3.02. The normalized spacial score (nSPS) is 31.0. The molecular formula is C33H46F2N4O4S. The number of nitrogens with zero attached hydrogens (tertiary/aromatic N) is 1. The van der Waals surface area contributed by atoms with Crippen molar-refractivity contribution in [2.45, 2.75) is 107 Å². The van der Waals surface area contributed by atoms with Crippen LogP contribution in [0.4, 0.5) is 14.5 Å². The van der Waals surface area contributed by atoms with E-state index in [2.05, 4.69) is 10.6 Å². The Bertz CT molecular complexity index is 1430. The molecule has 0 aromatic heterocycles. The lowest BCUT2D eigenvalue weighted by Crippen LogP contribution is -2.58. The summed E-state index contributed by atoms with van der Waals surface area (Å²) in [5, 5.41) is 6.37. The van der Waals surface area contributed by atoms with Crippen LogP contribution in [0.2, 0.25) is 0 Å². The van der Waals surface area contributed by atoms with Crippen molar-refractivity contribution in [2.24, 2.45) is 11.7 Å². The van der Waals surface area contributed by atoms with Crippen LogP contribution in [-0.2, 0) is 26.0 Å². The maximum atomic E-state index is 15.3. The summed E-state index contributed by atoms with van der Waals surface area (Å²) in [7, 11) is -3.55. The minimum absolute atomic E-state index is 0.0140. The number of anilines is 1. The molecule has 11 heteroatoms. The second-order valence-electron chi connectivity index (χ2n) is 13.5. The monoisotopic (exact) mass is 632 g/mol. The lowest BCUT2D eigenvalue weighted by atomic mass is 9.74. The van der Waals surface area contributed by atoms with Gasteiger partial charge in [0.05, 0.1) is 23.0 Å². The second-order valence-corrected chi connectivity index (χ2v) is 16.0. The number of halogens is 2. The zero-order valence-corrected chi connectivity index (χ0v) is 26.9. The zero-order valence-electron chi connectivity index (χ0n) is 26.1. The molecule has 3 heterocycles. The van der Waals surface area contributed by atoms with Gasteiger partial charge >= 0.3 is 0 Å². The number of nitrogens with one attached hydrogen (secondary N) is 2. The summed E-state index contributed by atoms with van der Waals surface area (Å²) in [6.07, 6.45) is 3.35. The Morgan fingerprint density at radius 1 is 1.14 bits per heavy atom. The van der Waals surface area contributed by atoms with Crippen molar-refractivity contribution in [1.82, 2.24) is 9.62 Å². The quantitative estimate of drug-likeness (QED) is 0.389. The second kappa shape index (κ2) is 13.1. The molecule has 3 aliphatic heterocycles. The number of piperazine rings is 1. The highest BCUT2D eigenvalue weighted by molar-refractivity contribution is 7.90. The first-order valence-corrected chi connectivity index (χ1v) is 17.2. The van der Waals surface area contributed by atoms with E-state index >= 15 is 4.39 Å². The van der Waals surface area contributed by atoms with E-state index < -0.39 is 38.5 Å². The minimum Gasteiger partial charge on any atom is -0.376 e. The molecule has 3 saturated heterocycles. The number of hydrogen-bond donors (Lipinski definition) is 3. The molecule has 0 radical (unpaired) electrons. The third-order valence-corrected chi connectivity index (χ3v) is 12.5. The Hall–Kier alpha value is -2.44. The average molecular weight is 633 g/mol. The van der Waals surface area contributed by atoms with Crippen LogP contribution in [0.5, 0.6) is 0 Å². The van der Waals surface area contributed by atoms with Crippen LogP contribution in [0.25, 0.3) is 0 Å². The van der Waals surface area contributed by atoms with E-state index in [1.54, 1.807) is 36.4 Å². The summed E-state index contributed by atoms with van der Waals surface area (Å²) in [6, 6.07) is 9.40. The van der Waals surface area contributed by atoms with Crippen LogP contribution in [0.15, 0.2) is 42.5 Å². The molecule has 5 rings (SSSR count). The lowest BCUT2D eigenvalue weighted by molar-refractivity contribution is -0.119. The first-order valence-electron chi connectivity index (χ1n) is 15.8. The number of amides is 1. The summed E-state index contributed by atoms with van der Waals surface area (Å²) in [6.45, 7) is 8.43. The molecule has 3 aliphatic rings. The fourth-order valence-corrected chi connectivity index (χ4v) is 9.32. The van der Waals surface area contributed by atoms with Gasteiger partial charge in [-0.25, -0.2) is 17.2 Å². The van der Waals surface area contributed by atoms with Crippen molar-refractivity contribution in [3.05, 3.63) is 65.2 Å². The van der Waals surface area contributed by atoms with Crippen LogP contribution in [0.3, 0.4) is 0 Å². The molecule has 2 aromatic rings. The third-order valence-electron chi connectivity index (χ3n) is 9.84. The largest absolute Gasteiger partial charge is 0.376 e. The van der Waals surface area contributed by atoms with Gasteiger partial charge in [0.15, 0.2) is 0 Å². The van der Waals surface area contributed by atoms with E-state index in [-0.39, 0.29) is 42.4 Å². The topological polar surface area (TPSA) is 114 Å². The van der Waals surface area contributed by atoms with E-state index in [1.165, 1.54) is 24.3 Å². The number of ether oxygens (including phenoxy) is 1. The van der Waals surface area contributed by atoms with E-state index in [0.717, 1.165) is 12.0 Å². The molecule has 0 saturated carbocycles. The van der Waals surface area contributed by atoms with Crippen molar-refractivity contribution in [2.75, 3.05) is 18.4 Å². The molecule has 1 amide bonds. The third kappa shape index (κ3) is 6.87. The number of nitrogens with two attached hydrogens (primary N) is 1. The summed E-state index contributed by atoms with van der Waals surface area (Å²) in [5.74, 6) is -1.69. The number of hydrogen-bond acceptors (Lipinski definition) is 6. The SMILES string of the molecule is C[C@@H]1C[C@H]([C@H](c2ccc(F)cc2)[C@H](N)C(=O)Nc2cccc(F)c2CC[C@H]2CN[C@@H]3CCC(C)(C)S(=O)(=O)N2C3)C[C@H](C)O1. The van der Waals surface area contributed by atoms with Gasteiger partial charge in [-0.2, -0.15) is 4.31 Å². The van der Waals surface area contributed by atoms with E-state index in [0.29, 0.717) is 50.0 Å². The summed E-state index contributed by atoms with van der Waals surface area (Å²) >= 11 is 0. The Morgan fingerprint density at radius 3 is 2.50 bits per heavy atom. The van der Waals surface area contributed by atoms with E-state index in [9.17, 15) is 17.6 Å². The predicted molar refractivity (Wildman–Crippen MR) is 168 cm³/mol. The smallest absolute Gasteiger partial charge is 0.241 e. The summed E-state index contributed by atoms with van der Waals surface area (Å²) < 4.78 is 62.9. The number of benzene rings is 2. The molecule has 2 aromatic carbocycles. The molecule has 44 heavy (non-hydrogen) atoms. The van der Waals surface area contributed by atoms with Crippen molar-refractivity contribution < 1.29 is 26.7 Å². The number of carbonyl (C=O) groups is 1. The molecule has 8 atom stereocenters. The molecule has 2 bridgehead atoms. The number of fused-ring (bicyclic) bond motifs is 2. The van der Waals surface area contributed by atoms with Gasteiger partial charge in [0.2, 0.25) is 15.9 Å². The number of carbonyl (C=O) groups excluding carboxylic acids is 1. The van der Waals surface area contributed by atoms with Gasteiger partial charge in [-0.15, -0.1) is 0 Å². The predicted octanol–water partition coefficient (Wildman–Crippen LogP) is 4.70. The molecular weight excluding hydrogens is 586 g/mol. The van der Waals surface area contributed by atoms with Gasteiger partial charge < -0.3 is 21.1 Å². The molecule has 0 spiro atoms. The highest BCUT2D eigenvalue weighted by atomic mass is 32.2. The fourth-order valence-electron chi connectivity index (χ4n) is 7.36. The fraction of sp³-hybridized carbons (Fsp3) is 0.606. The Labute approximate surface area is 260 Å². The van der Waals surface area contributed by atoms with Crippen LogP contribution in [-0.4, -0.2) is 66.8 Å². The van der Waals surface area contributed by atoms with Gasteiger partial charge in [-0.3, -0.25) is 4.79 Å². The van der Waals surface area contributed by atoms with Crippen molar-refractivity contribution in [3.63, 3.8) is 0 Å². The van der Waals surface area contributed by atoms with E-state index in [1.807, 2.05) is 13.8 Å². The molecule has 0 aliphatic carbocycles. The van der Waals surface area contributed by atoms with Crippen molar-refractivity contribution in [1.29, 1.82) is 0 Å². The van der Waals surface area contributed by atoms with E-state index in [4.69, 9.17) is 10.5 Å². The van der Waals surface area contributed by atoms with Crippen LogP contribution in [0, 0.1) is 17.6 Å². The Kier molecular flexibility index (Phi) is 9.82. The first kappa shape index (κ1) is 32.9. The number of rotatable bonds is 8. The van der Waals surface area contributed by atoms with Crippen LogP contribution in [0.1, 0.15) is 76.8 Å². The maximum Gasteiger partial charge on any atom is 0.241 e. The first-order chi connectivity index (χ1) is 20.8. The van der Waals surface area contributed by atoms with Crippen molar-refractivity contribution >= 4 is 21.6 Å².